The molecule has 0 saturated carbocycles. The molecule has 0 aliphatic rings. The van der Waals surface area contributed by atoms with Crippen molar-refractivity contribution in [3.63, 3.8) is 0 Å². The van der Waals surface area contributed by atoms with E-state index >= 15 is 0 Å². The Kier molecular flexibility index (Phi) is 3.31. The lowest BCUT2D eigenvalue weighted by atomic mass is 9.93. The molecule has 0 aliphatic carbocycles. The maximum Gasteiger partial charge on any atom is 0.172 e. The van der Waals surface area contributed by atoms with Gasteiger partial charge in [0.05, 0.1) is 0 Å². The van der Waals surface area contributed by atoms with Crippen LogP contribution in [0.5, 0.6) is 5.75 Å². The van der Waals surface area contributed by atoms with Gasteiger partial charge in [0.2, 0.25) is 0 Å². The van der Waals surface area contributed by atoms with Crippen molar-refractivity contribution < 1.29 is 10.1 Å². The summed E-state index contributed by atoms with van der Waals surface area (Å²) in [5.41, 5.74) is 2.95. The third kappa shape index (κ3) is 1.96. The van der Waals surface area contributed by atoms with Crippen molar-refractivity contribution in [3.05, 3.63) is 35.9 Å². The number of rotatable bonds is 3. The minimum atomic E-state index is 0.386. The van der Waals surface area contributed by atoms with Crippen LogP contribution >= 0.6 is 0 Å². The van der Waals surface area contributed by atoms with Crippen LogP contribution in [0.25, 0.3) is 5.57 Å². The predicted molar refractivity (Wildman–Crippen MR) is 58.5 cm³/mol. The van der Waals surface area contributed by atoms with Crippen molar-refractivity contribution in [2.45, 2.75) is 26.7 Å². The zero-order valence-corrected chi connectivity index (χ0v) is 8.87. The van der Waals surface area contributed by atoms with Crippen LogP contribution < -0.4 is 4.89 Å². The van der Waals surface area contributed by atoms with Gasteiger partial charge in [-0.3, -0.25) is 0 Å². The zero-order chi connectivity index (χ0) is 10.7. The normalized spacial score (nSPS) is 10.4. The van der Waals surface area contributed by atoms with E-state index in [0.29, 0.717) is 11.7 Å². The first kappa shape index (κ1) is 10.8. The minimum Gasteiger partial charge on any atom is -0.340 e. The SMILES string of the molecule is C=C(C)c1c(OO)cccc1C(C)C. The van der Waals surface area contributed by atoms with E-state index in [1.165, 1.54) is 0 Å². The average Bonchev–Trinajstić information content (AvgIpc) is 2.16. The van der Waals surface area contributed by atoms with E-state index in [9.17, 15) is 0 Å². The van der Waals surface area contributed by atoms with E-state index in [1.54, 1.807) is 6.07 Å². The Morgan fingerprint density at radius 3 is 2.50 bits per heavy atom. The van der Waals surface area contributed by atoms with Crippen LogP contribution in [0.4, 0.5) is 0 Å². The highest BCUT2D eigenvalue weighted by atomic mass is 17.1. The molecule has 0 spiro atoms. The summed E-state index contributed by atoms with van der Waals surface area (Å²) in [4.78, 5) is 4.34. The maximum atomic E-state index is 8.73. The van der Waals surface area contributed by atoms with Crippen LogP contribution in [0, 0.1) is 0 Å². The average molecular weight is 192 g/mol. The van der Waals surface area contributed by atoms with E-state index in [1.807, 2.05) is 19.1 Å². The molecule has 0 aromatic heterocycles. The van der Waals surface area contributed by atoms with Gasteiger partial charge in [0.15, 0.2) is 5.75 Å². The summed E-state index contributed by atoms with van der Waals surface area (Å²) in [6.07, 6.45) is 0. The van der Waals surface area contributed by atoms with E-state index in [2.05, 4.69) is 25.3 Å². The fraction of sp³-hybridized carbons (Fsp3) is 0.333. The van der Waals surface area contributed by atoms with E-state index in [4.69, 9.17) is 5.26 Å². The van der Waals surface area contributed by atoms with Gasteiger partial charge in [-0.15, -0.1) is 0 Å². The van der Waals surface area contributed by atoms with Crippen LogP contribution in [-0.4, -0.2) is 5.26 Å². The van der Waals surface area contributed by atoms with Crippen molar-refractivity contribution >= 4 is 5.57 Å². The first-order valence-electron chi connectivity index (χ1n) is 4.68. The van der Waals surface area contributed by atoms with Crippen molar-refractivity contribution in [1.82, 2.24) is 0 Å². The Balaban J connectivity index is 3.35. The molecule has 76 valence electrons. The molecule has 14 heavy (non-hydrogen) atoms. The number of allylic oxidation sites excluding steroid dienone is 1. The number of hydrogen-bond acceptors (Lipinski definition) is 2. The van der Waals surface area contributed by atoms with Crippen LogP contribution in [-0.2, 0) is 0 Å². The highest BCUT2D eigenvalue weighted by Crippen LogP contribution is 2.32. The van der Waals surface area contributed by atoms with Gasteiger partial charge < -0.3 is 4.89 Å². The summed E-state index contributed by atoms with van der Waals surface area (Å²) in [5.74, 6) is 0.862. The molecular formula is C12H16O2. The third-order valence-corrected chi connectivity index (χ3v) is 2.21. The molecule has 0 bridgehead atoms. The van der Waals surface area contributed by atoms with E-state index in [0.717, 1.165) is 16.7 Å². The lowest BCUT2D eigenvalue weighted by Gasteiger charge is -2.14. The van der Waals surface area contributed by atoms with Crippen LogP contribution in [0.1, 0.15) is 37.8 Å². The second kappa shape index (κ2) is 4.29. The monoisotopic (exact) mass is 192 g/mol. The van der Waals surface area contributed by atoms with Gasteiger partial charge in [0.25, 0.3) is 0 Å². The molecule has 0 fully saturated rings. The molecule has 0 saturated heterocycles. The molecule has 1 aromatic carbocycles. The Hall–Kier alpha value is -1.28. The fourth-order valence-corrected chi connectivity index (χ4v) is 1.56. The molecule has 0 heterocycles. The topological polar surface area (TPSA) is 29.5 Å². The summed E-state index contributed by atoms with van der Waals surface area (Å²) >= 11 is 0. The molecule has 0 aliphatic heterocycles. The summed E-state index contributed by atoms with van der Waals surface area (Å²) in [5, 5.41) is 8.73. The Labute approximate surface area is 84.8 Å². The largest absolute Gasteiger partial charge is 0.340 e. The maximum absolute atomic E-state index is 8.73. The standard InChI is InChI=1S/C12H16O2/c1-8(2)10-6-5-7-11(14-13)12(10)9(3)4/h5-8,13H,3H2,1-2,4H3. The van der Waals surface area contributed by atoms with E-state index in [-0.39, 0.29) is 0 Å². The van der Waals surface area contributed by atoms with Gasteiger partial charge in [0, 0.05) is 5.56 Å². The smallest absolute Gasteiger partial charge is 0.172 e. The minimum absolute atomic E-state index is 0.386. The second-order valence-corrected chi connectivity index (χ2v) is 3.75. The van der Waals surface area contributed by atoms with Gasteiger partial charge in [-0.25, -0.2) is 5.26 Å². The first-order chi connectivity index (χ1) is 6.57. The molecule has 1 N–H and O–H groups in total. The lowest BCUT2D eigenvalue weighted by Crippen LogP contribution is -1.98. The highest BCUT2D eigenvalue weighted by molar-refractivity contribution is 5.70. The van der Waals surface area contributed by atoms with Gasteiger partial charge in [-0.2, -0.15) is 0 Å². The molecule has 1 aromatic rings. The molecular weight excluding hydrogens is 176 g/mol. The fourth-order valence-electron chi connectivity index (χ4n) is 1.56. The first-order valence-corrected chi connectivity index (χ1v) is 4.68. The second-order valence-electron chi connectivity index (χ2n) is 3.75. The molecule has 0 radical (unpaired) electrons. The Morgan fingerprint density at radius 2 is 2.07 bits per heavy atom. The molecule has 0 atom stereocenters. The Morgan fingerprint density at radius 1 is 1.43 bits per heavy atom. The van der Waals surface area contributed by atoms with E-state index < -0.39 is 0 Å². The van der Waals surface area contributed by atoms with Crippen molar-refractivity contribution in [2.24, 2.45) is 0 Å². The molecule has 2 heteroatoms. The molecule has 2 nitrogen and oxygen atoms in total. The molecule has 1 rings (SSSR count). The summed E-state index contributed by atoms with van der Waals surface area (Å²) < 4.78 is 0. The van der Waals surface area contributed by atoms with Gasteiger partial charge in [-0.05, 0) is 30.0 Å². The lowest BCUT2D eigenvalue weighted by molar-refractivity contribution is -0.137. The predicted octanol–water partition coefficient (Wildman–Crippen LogP) is 3.69. The van der Waals surface area contributed by atoms with Crippen molar-refractivity contribution in [1.29, 1.82) is 0 Å². The van der Waals surface area contributed by atoms with Gasteiger partial charge in [0.1, 0.15) is 0 Å². The number of benzene rings is 1. The zero-order valence-electron chi connectivity index (χ0n) is 8.87. The summed E-state index contributed by atoms with van der Waals surface area (Å²) in [6.45, 7) is 9.99. The third-order valence-electron chi connectivity index (χ3n) is 2.21. The van der Waals surface area contributed by atoms with Gasteiger partial charge >= 0.3 is 0 Å². The quantitative estimate of drug-likeness (QED) is 0.584. The van der Waals surface area contributed by atoms with Crippen molar-refractivity contribution in [3.8, 4) is 5.75 Å². The van der Waals surface area contributed by atoms with Crippen LogP contribution in [0.3, 0.4) is 0 Å². The number of hydrogen-bond donors (Lipinski definition) is 1. The van der Waals surface area contributed by atoms with Crippen molar-refractivity contribution in [2.75, 3.05) is 0 Å². The van der Waals surface area contributed by atoms with Gasteiger partial charge in [-0.1, -0.05) is 32.6 Å². The van der Waals surface area contributed by atoms with Crippen LogP contribution in [0.2, 0.25) is 0 Å². The Bertz CT molecular complexity index is 340. The summed E-state index contributed by atoms with van der Waals surface area (Å²) in [6, 6.07) is 5.63. The highest BCUT2D eigenvalue weighted by Gasteiger charge is 2.12. The van der Waals surface area contributed by atoms with Crippen LogP contribution in [0.15, 0.2) is 24.8 Å². The summed E-state index contributed by atoms with van der Waals surface area (Å²) in [7, 11) is 0. The molecule has 0 unspecified atom stereocenters. The molecule has 0 amide bonds.